The van der Waals surface area contributed by atoms with Crippen molar-refractivity contribution in [3.63, 3.8) is 0 Å². The number of amides is 1. The molecule has 3 aromatic rings. The van der Waals surface area contributed by atoms with Crippen molar-refractivity contribution in [3.05, 3.63) is 59.9 Å². The van der Waals surface area contributed by atoms with Crippen LogP contribution in [0.15, 0.2) is 52.9 Å². The summed E-state index contributed by atoms with van der Waals surface area (Å²) in [5, 5.41) is 13.8. The van der Waals surface area contributed by atoms with Gasteiger partial charge in [0.2, 0.25) is 0 Å². The van der Waals surface area contributed by atoms with Crippen LogP contribution in [0.1, 0.15) is 22.2 Å². The quantitative estimate of drug-likeness (QED) is 0.720. The third kappa shape index (κ3) is 3.59. The van der Waals surface area contributed by atoms with Crippen LogP contribution in [0.4, 0.5) is 0 Å². The number of ether oxygens (including phenoxy) is 2. The van der Waals surface area contributed by atoms with E-state index in [-0.39, 0.29) is 18.2 Å². The smallest absolute Gasteiger partial charge is 0.287 e. The Kier molecular flexibility index (Phi) is 4.90. The molecule has 3 rings (SSSR count). The van der Waals surface area contributed by atoms with Crippen molar-refractivity contribution < 1.29 is 23.8 Å². The van der Waals surface area contributed by atoms with Crippen molar-refractivity contribution in [2.45, 2.75) is 6.10 Å². The molecule has 0 aliphatic heterocycles. The summed E-state index contributed by atoms with van der Waals surface area (Å²) in [5.41, 5.74) is 1.26. The topological polar surface area (TPSA) is 80.9 Å². The second-order valence-electron chi connectivity index (χ2n) is 5.49. The van der Waals surface area contributed by atoms with E-state index in [0.29, 0.717) is 22.6 Å². The molecule has 0 saturated heterocycles. The van der Waals surface area contributed by atoms with Crippen LogP contribution in [0.5, 0.6) is 11.5 Å². The Bertz CT molecular complexity index is 853. The Labute approximate surface area is 145 Å². The first-order valence-corrected chi connectivity index (χ1v) is 7.79. The molecule has 0 fully saturated rings. The highest BCUT2D eigenvalue weighted by molar-refractivity contribution is 5.96. The molecule has 0 bridgehead atoms. The van der Waals surface area contributed by atoms with Gasteiger partial charge in [-0.2, -0.15) is 0 Å². The Balaban J connectivity index is 1.67. The lowest BCUT2D eigenvalue weighted by Crippen LogP contribution is -2.28. The molecule has 6 heteroatoms. The van der Waals surface area contributed by atoms with Gasteiger partial charge in [0.25, 0.3) is 5.91 Å². The van der Waals surface area contributed by atoms with Crippen LogP contribution in [0, 0.1) is 0 Å². The van der Waals surface area contributed by atoms with Gasteiger partial charge in [0, 0.05) is 11.9 Å². The van der Waals surface area contributed by atoms with Gasteiger partial charge in [0.05, 0.1) is 20.3 Å². The van der Waals surface area contributed by atoms with Gasteiger partial charge >= 0.3 is 0 Å². The van der Waals surface area contributed by atoms with Gasteiger partial charge in [0.1, 0.15) is 5.58 Å². The van der Waals surface area contributed by atoms with Crippen LogP contribution >= 0.6 is 0 Å². The maximum absolute atomic E-state index is 12.2. The number of para-hydroxylation sites is 1. The van der Waals surface area contributed by atoms with Gasteiger partial charge in [-0.1, -0.05) is 24.3 Å². The van der Waals surface area contributed by atoms with E-state index in [2.05, 4.69) is 5.32 Å². The molecule has 1 amide bonds. The highest BCUT2D eigenvalue weighted by Gasteiger charge is 2.16. The zero-order valence-corrected chi connectivity index (χ0v) is 14.0. The molecular weight excluding hydrogens is 322 g/mol. The van der Waals surface area contributed by atoms with Gasteiger partial charge in [-0.15, -0.1) is 0 Å². The summed E-state index contributed by atoms with van der Waals surface area (Å²) in [6.07, 6.45) is -0.881. The molecule has 2 aromatic carbocycles. The molecule has 130 valence electrons. The Morgan fingerprint density at radius 3 is 2.60 bits per heavy atom. The first-order chi connectivity index (χ1) is 12.1. The summed E-state index contributed by atoms with van der Waals surface area (Å²) in [7, 11) is 3.07. The van der Waals surface area contributed by atoms with E-state index in [4.69, 9.17) is 13.9 Å². The molecule has 0 saturated carbocycles. The third-order valence-corrected chi connectivity index (χ3v) is 3.90. The predicted octanol–water partition coefficient (Wildman–Crippen LogP) is 2.91. The summed E-state index contributed by atoms with van der Waals surface area (Å²) < 4.78 is 15.9. The maximum Gasteiger partial charge on any atom is 0.287 e. The Morgan fingerprint density at radius 1 is 1.12 bits per heavy atom. The standard InChI is InChI=1S/C19H19NO5/c1-23-16-8-7-12(9-17(16)24-2)14(21)11-20-19(22)18-10-13-5-3-4-6-15(13)25-18/h3-10,14,21H,11H2,1-2H3,(H,20,22). The summed E-state index contributed by atoms with van der Waals surface area (Å²) in [6.45, 7) is 0.0470. The first-order valence-electron chi connectivity index (χ1n) is 7.79. The summed E-state index contributed by atoms with van der Waals surface area (Å²) in [6, 6.07) is 14.2. The van der Waals surface area contributed by atoms with Gasteiger partial charge < -0.3 is 24.3 Å². The minimum absolute atomic E-state index is 0.0470. The van der Waals surface area contributed by atoms with E-state index in [1.54, 1.807) is 37.4 Å². The SMILES string of the molecule is COc1ccc(C(O)CNC(=O)c2cc3ccccc3o2)cc1OC. The molecule has 0 aliphatic carbocycles. The number of aliphatic hydroxyl groups excluding tert-OH is 1. The third-order valence-electron chi connectivity index (χ3n) is 3.90. The highest BCUT2D eigenvalue weighted by atomic mass is 16.5. The van der Waals surface area contributed by atoms with Crippen LogP contribution in [0.2, 0.25) is 0 Å². The zero-order valence-electron chi connectivity index (χ0n) is 14.0. The van der Waals surface area contributed by atoms with Crippen molar-refractivity contribution in [1.29, 1.82) is 0 Å². The molecule has 1 aromatic heterocycles. The first kappa shape index (κ1) is 16.9. The summed E-state index contributed by atoms with van der Waals surface area (Å²) in [4.78, 5) is 12.2. The number of hydrogen-bond donors (Lipinski definition) is 2. The van der Waals surface area contributed by atoms with Crippen molar-refractivity contribution in [1.82, 2.24) is 5.32 Å². The molecule has 1 atom stereocenters. The van der Waals surface area contributed by atoms with Crippen LogP contribution in [-0.4, -0.2) is 31.8 Å². The van der Waals surface area contributed by atoms with Crippen molar-refractivity contribution >= 4 is 16.9 Å². The lowest BCUT2D eigenvalue weighted by molar-refractivity contribution is 0.0891. The molecule has 2 N–H and O–H groups in total. The number of aliphatic hydroxyl groups is 1. The van der Waals surface area contributed by atoms with Crippen LogP contribution in [-0.2, 0) is 0 Å². The highest BCUT2D eigenvalue weighted by Crippen LogP contribution is 2.29. The maximum atomic E-state index is 12.2. The number of fused-ring (bicyclic) bond motifs is 1. The van der Waals surface area contributed by atoms with Crippen molar-refractivity contribution in [3.8, 4) is 11.5 Å². The normalized spacial score (nSPS) is 12.0. The monoisotopic (exact) mass is 341 g/mol. The Morgan fingerprint density at radius 2 is 1.88 bits per heavy atom. The molecule has 0 aliphatic rings. The second kappa shape index (κ2) is 7.27. The van der Waals surface area contributed by atoms with Crippen molar-refractivity contribution in [2.75, 3.05) is 20.8 Å². The fourth-order valence-corrected chi connectivity index (χ4v) is 2.55. The van der Waals surface area contributed by atoms with Crippen LogP contribution < -0.4 is 14.8 Å². The van der Waals surface area contributed by atoms with Gasteiger partial charge in [0.15, 0.2) is 17.3 Å². The average molecular weight is 341 g/mol. The number of carbonyl (C=O) groups is 1. The summed E-state index contributed by atoms with van der Waals surface area (Å²) >= 11 is 0. The molecule has 1 heterocycles. The minimum Gasteiger partial charge on any atom is -0.493 e. The van der Waals surface area contributed by atoms with Gasteiger partial charge in [-0.3, -0.25) is 4.79 Å². The van der Waals surface area contributed by atoms with E-state index in [1.807, 2.05) is 18.2 Å². The largest absolute Gasteiger partial charge is 0.493 e. The molecule has 0 radical (unpaired) electrons. The van der Waals surface area contributed by atoms with E-state index in [0.717, 1.165) is 5.39 Å². The average Bonchev–Trinajstić information content (AvgIpc) is 3.09. The van der Waals surface area contributed by atoms with E-state index in [1.165, 1.54) is 7.11 Å². The number of methoxy groups -OCH3 is 2. The van der Waals surface area contributed by atoms with E-state index < -0.39 is 6.10 Å². The van der Waals surface area contributed by atoms with Gasteiger partial charge in [-0.25, -0.2) is 0 Å². The molecular formula is C19H19NO5. The fraction of sp³-hybridized carbons (Fsp3) is 0.211. The molecule has 1 unspecified atom stereocenters. The molecule has 0 spiro atoms. The van der Waals surface area contributed by atoms with Crippen molar-refractivity contribution in [2.24, 2.45) is 0 Å². The van der Waals surface area contributed by atoms with E-state index in [9.17, 15) is 9.90 Å². The molecule has 25 heavy (non-hydrogen) atoms. The van der Waals surface area contributed by atoms with Gasteiger partial charge in [-0.05, 0) is 29.8 Å². The lowest BCUT2D eigenvalue weighted by atomic mass is 10.1. The Hall–Kier alpha value is -2.99. The number of nitrogens with one attached hydrogen (secondary N) is 1. The summed E-state index contributed by atoms with van der Waals surface area (Å²) in [5.74, 6) is 0.920. The second-order valence-corrected chi connectivity index (χ2v) is 5.49. The predicted molar refractivity (Wildman–Crippen MR) is 93.1 cm³/mol. The number of benzene rings is 2. The number of furan rings is 1. The minimum atomic E-state index is -0.881. The van der Waals surface area contributed by atoms with Crippen LogP contribution in [0.3, 0.4) is 0 Å². The number of rotatable bonds is 6. The van der Waals surface area contributed by atoms with E-state index >= 15 is 0 Å². The van der Waals surface area contributed by atoms with Crippen LogP contribution in [0.25, 0.3) is 11.0 Å². The number of hydrogen-bond acceptors (Lipinski definition) is 5. The molecule has 6 nitrogen and oxygen atoms in total. The fourth-order valence-electron chi connectivity index (χ4n) is 2.55. The zero-order chi connectivity index (χ0) is 17.8. The lowest BCUT2D eigenvalue weighted by Gasteiger charge is -2.14. The number of carbonyl (C=O) groups excluding carboxylic acids is 1.